The Balaban J connectivity index is 3.24. The van der Waals surface area contributed by atoms with E-state index < -0.39 is 20.0 Å². The second-order valence-electron chi connectivity index (χ2n) is 5.52. The van der Waals surface area contributed by atoms with Crippen molar-refractivity contribution in [2.45, 2.75) is 36.8 Å². The van der Waals surface area contributed by atoms with Crippen LogP contribution in [-0.4, -0.2) is 24.9 Å². The lowest BCUT2D eigenvalue weighted by Gasteiger charge is -2.16. The number of carbonyl (C=O) groups is 1. The Morgan fingerprint density at radius 1 is 1.27 bits per heavy atom. The van der Waals surface area contributed by atoms with E-state index in [4.69, 9.17) is 11.6 Å². The van der Waals surface area contributed by atoms with Crippen LogP contribution in [0.2, 0.25) is 0 Å². The molecule has 0 radical (unpaired) electrons. The predicted molar refractivity (Wildman–Crippen MR) is 102 cm³/mol. The zero-order valence-corrected chi connectivity index (χ0v) is 16.0. The Bertz CT molecular complexity index is 835. The van der Waals surface area contributed by atoms with Crippen molar-refractivity contribution in [2.24, 2.45) is 0 Å². The van der Waals surface area contributed by atoms with Gasteiger partial charge in [0, 0.05) is 23.6 Å². The van der Waals surface area contributed by atoms with Crippen LogP contribution < -0.4 is 0 Å². The summed E-state index contributed by atoms with van der Waals surface area (Å²) < 4.78 is 25.7. The Morgan fingerprint density at radius 3 is 2.35 bits per heavy atom. The highest BCUT2D eigenvalue weighted by Crippen LogP contribution is 2.25. The number of non-ortho nitro benzene ring substituents is 1. The average molecular weight is 398 g/mol. The highest BCUT2D eigenvalue weighted by Gasteiger charge is 2.28. The molecule has 0 bridgehead atoms. The third-order valence-corrected chi connectivity index (χ3v) is 5.84. The molecule has 0 saturated heterocycles. The van der Waals surface area contributed by atoms with E-state index in [1.807, 2.05) is 0 Å². The van der Waals surface area contributed by atoms with Gasteiger partial charge in [0.1, 0.15) is 6.29 Å². The number of aldehydes is 1. The van der Waals surface area contributed by atoms with Crippen LogP contribution in [-0.2, 0) is 14.6 Å². The van der Waals surface area contributed by atoms with Crippen LogP contribution in [0.5, 0.6) is 0 Å². The molecule has 0 aromatic heterocycles. The van der Waals surface area contributed by atoms with Gasteiger partial charge in [0.15, 0.2) is 9.84 Å². The van der Waals surface area contributed by atoms with Gasteiger partial charge in [-0.3, -0.25) is 10.1 Å². The summed E-state index contributed by atoms with van der Waals surface area (Å²) in [7, 11) is -3.84. The minimum absolute atomic E-state index is 0.0566. The number of carbonyl (C=O) groups excluding carboxylic acids is 1. The first-order valence-corrected chi connectivity index (χ1v) is 9.72. The van der Waals surface area contributed by atoms with Gasteiger partial charge >= 0.3 is 0 Å². The van der Waals surface area contributed by atoms with E-state index in [1.54, 1.807) is 38.2 Å². The van der Waals surface area contributed by atoms with E-state index in [9.17, 15) is 23.3 Å². The second-order valence-corrected chi connectivity index (χ2v) is 8.34. The molecule has 6 nitrogen and oxygen atoms in total. The minimum atomic E-state index is -3.84. The molecule has 1 rings (SSSR count). The summed E-state index contributed by atoms with van der Waals surface area (Å²) in [6, 6.07) is 4.64. The fraction of sp³-hybridized carbons (Fsp3) is 0.278. The van der Waals surface area contributed by atoms with Crippen LogP contribution in [0.3, 0.4) is 0 Å². The Hall–Kier alpha value is -2.25. The normalized spacial score (nSPS) is 14.4. The maximum Gasteiger partial charge on any atom is 0.269 e. The van der Waals surface area contributed by atoms with Crippen molar-refractivity contribution in [3.8, 4) is 0 Å². The molecular weight excluding hydrogens is 378 g/mol. The minimum Gasteiger partial charge on any atom is -0.303 e. The van der Waals surface area contributed by atoms with E-state index in [0.29, 0.717) is 16.9 Å². The van der Waals surface area contributed by atoms with Gasteiger partial charge in [-0.15, -0.1) is 0 Å². The zero-order chi connectivity index (χ0) is 19.7. The first-order chi connectivity index (χ1) is 12.2. The Labute approximate surface area is 157 Å². The third kappa shape index (κ3) is 6.24. The molecule has 0 N–H and O–H groups in total. The number of nitrogens with zero attached hydrogens (tertiary/aromatic N) is 1. The molecule has 1 aromatic carbocycles. The predicted octanol–water partition coefficient (Wildman–Crippen LogP) is 4.36. The highest BCUT2D eigenvalue weighted by molar-refractivity contribution is 7.92. The maximum absolute atomic E-state index is 12.9. The standard InChI is InChI=1S/C18H20ClNO5S/c1-3-4-15(6-5-14(2)19)13-18(11-12-21)26(24,25)17-9-7-16(8-10-17)20(22)23/h3-10,12,18H,11,13H2,1-2H3/b4-3-,14-5+,15-6+. The molecule has 8 heteroatoms. The van der Waals surface area contributed by atoms with Gasteiger partial charge in [0.25, 0.3) is 5.69 Å². The summed E-state index contributed by atoms with van der Waals surface area (Å²) in [6.07, 6.45) is 7.35. The van der Waals surface area contributed by atoms with Gasteiger partial charge in [-0.1, -0.05) is 29.8 Å². The maximum atomic E-state index is 12.9. The lowest BCUT2D eigenvalue weighted by molar-refractivity contribution is -0.384. The number of hydrogen-bond acceptors (Lipinski definition) is 5. The molecule has 0 heterocycles. The number of sulfone groups is 1. The van der Waals surface area contributed by atoms with Crippen molar-refractivity contribution < 1.29 is 18.1 Å². The van der Waals surface area contributed by atoms with E-state index in [-0.39, 0.29) is 23.4 Å². The van der Waals surface area contributed by atoms with Crippen molar-refractivity contribution in [3.05, 3.63) is 69.3 Å². The molecule has 0 aliphatic rings. The summed E-state index contributed by atoms with van der Waals surface area (Å²) in [5, 5.41) is 10.3. The fourth-order valence-electron chi connectivity index (χ4n) is 2.27. The summed E-state index contributed by atoms with van der Waals surface area (Å²) >= 11 is 5.81. The van der Waals surface area contributed by atoms with Crippen LogP contribution in [0.25, 0.3) is 0 Å². The Morgan fingerprint density at radius 2 is 1.88 bits per heavy atom. The molecule has 1 atom stereocenters. The fourth-order valence-corrected chi connectivity index (χ4v) is 3.97. The van der Waals surface area contributed by atoms with Crippen LogP contribution >= 0.6 is 11.6 Å². The molecular formula is C18H20ClNO5S. The number of benzene rings is 1. The average Bonchev–Trinajstić information content (AvgIpc) is 2.59. The summed E-state index contributed by atoms with van der Waals surface area (Å²) in [4.78, 5) is 21.1. The van der Waals surface area contributed by atoms with Crippen LogP contribution in [0, 0.1) is 10.1 Å². The lowest BCUT2D eigenvalue weighted by atomic mass is 10.1. The summed E-state index contributed by atoms with van der Waals surface area (Å²) in [5.41, 5.74) is 0.498. The topological polar surface area (TPSA) is 94.3 Å². The van der Waals surface area contributed by atoms with E-state index >= 15 is 0 Å². The molecule has 1 unspecified atom stereocenters. The van der Waals surface area contributed by atoms with Crippen LogP contribution in [0.1, 0.15) is 26.7 Å². The van der Waals surface area contributed by atoms with E-state index in [1.165, 1.54) is 12.1 Å². The van der Waals surface area contributed by atoms with Crippen LogP contribution in [0.4, 0.5) is 5.69 Å². The van der Waals surface area contributed by atoms with Crippen molar-refractivity contribution in [3.63, 3.8) is 0 Å². The third-order valence-electron chi connectivity index (χ3n) is 3.55. The van der Waals surface area contributed by atoms with Gasteiger partial charge in [-0.2, -0.15) is 0 Å². The number of hydrogen-bond donors (Lipinski definition) is 0. The number of rotatable bonds is 9. The van der Waals surface area contributed by atoms with Crippen molar-refractivity contribution in [2.75, 3.05) is 0 Å². The van der Waals surface area contributed by atoms with E-state index in [2.05, 4.69) is 0 Å². The number of nitro benzene ring substituents is 1. The molecule has 0 saturated carbocycles. The van der Waals surface area contributed by atoms with E-state index in [0.717, 1.165) is 12.1 Å². The molecule has 0 fully saturated rings. The van der Waals surface area contributed by atoms with Crippen molar-refractivity contribution in [1.29, 1.82) is 0 Å². The molecule has 1 aromatic rings. The van der Waals surface area contributed by atoms with Gasteiger partial charge in [0.05, 0.1) is 15.1 Å². The Kier molecular flexibility index (Phi) is 8.41. The van der Waals surface area contributed by atoms with Crippen molar-refractivity contribution in [1.82, 2.24) is 0 Å². The second kappa shape index (κ2) is 10.0. The van der Waals surface area contributed by atoms with Crippen LogP contribution in [0.15, 0.2) is 64.1 Å². The first-order valence-electron chi connectivity index (χ1n) is 7.80. The molecule has 0 spiro atoms. The molecule has 0 aliphatic carbocycles. The largest absolute Gasteiger partial charge is 0.303 e. The summed E-state index contributed by atoms with van der Waals surface area (Å²) in [6.45, 7) is 3.49. The number of nitro groups is 1. The monoisotopic (exact) mass is 397 g/mol. The van der Waals surface area contributed by atoms with Gasteiger partial charge in [-0.25, -0.2) is 8.42 Å². The smallest absolute Gasteiger partial charge is 0.269 e. The molecule has 26 heavy (non-hydrogen) atoms. The molecule has 0 aliphatic heterocycles. The first kappa shape index (κ1) is 21.8. The highest BCUT2D eigenvalue weighted by atomic mass is 35.5. The quantitative estimate of drug-likeness (QED) is 0.267. The van der Waals surface area contributed by atoms with Crippen molar-refractivity contribution >= 4 is 33.4 Å². The van der Waals surface area contributed by atoms with Gasteiger partial charge < -0.3 is 4.79 Å². The molecule has 0 amide bonds. The van der Waals surface area contributed by atoms with Gasteiger partial charge in [-0.05, 0) is 44.1 Å². The molecule has 140 valence electrons. The number of halogens is 1. The summed E-state index contributed by atoms with van der Waals surface area (Å²) in [5.74, 6) is 0. The zero-order valence-electron chi connectivity index (χ0n) is 14.5. The van der Waals surface area contributed by atoms with Gasteiger partial charge in [0.2, 0.25) is 0 Å². The lowest BCUT2D eigenvalue weighted by Crippen LogP contribution is -2.22. The SMILES string of the molecule is C\C=C/C(=C\C=C(/C)Cl)CC(CC=O)S(=O)(=O)c1ccc([N+](=O)[O-])cc1. The number of allylic oxidation sites excluding steroid dienone is 6.